The Balaban J connectivity index is 1.91. The lowest BCUT2D eigenvalue weighted by molar-refractivity contribution is -0.138. The van der Waals surface area contributed by atoms with Crippen LogP contribution in [0.2, 0.25) is 0 Å². The van der Waals surface area contributed by atoms with E-state index in [1.165, 1.54) is 13.2 Å². The van der Waals surface area contributed by atoms with E-state index in [9.17, 15) is 13.2 Å². The van der Waals surface area contributed by atoms with E-state index in [-0.39, 0.29) is 6.61 Å². The first kappa shape index (κ1) is 20.3. The molecule has 0 heterocycles. The lowest BCUT2D eigenvalue weighted by atomic mass is 10.2. The molecule has 144 valence electrons. The summed E-state index contributed by atoms with van der Waals surface area (Å²) in [6.45, 7) is 0.0776. The van der Waals surface area contributed by atoms with Crippen molar-refractivity contribution in [1.29, 1.82) is 0 Å². The molecule has 8 heteroatoms. The molecule has 0 saturated heterocycles. The summed E-state index contributed by atoms with van der Waals surface area (Å²) in [5, 5.41) is 0. The monoisotopic (exact) mass is 391 g/mol. The minimum absolute atomic E-state index is 0.0776. The van der Waals surface area contributed by atoms with Gasteiger partial charge in [0.25, 0.3) is 0 Å². The average molecular weight is 391 g/mol. The molecule has 2 rings (SSSR count). The maximum atomic E-state index is 11.9. The number of esters is 1. The zero-order valence-electron chi connectivity index (χ0n) is 15.3. The van der Waals surface area contributed by atoms with Crippen molar-refractivity contribution in [3.05, 3.63) is 59.7 Å². The number of nitrogens with one attached hydrogen (secondary N) is 1. The van der Waals surface area contributed by atoms with E-state index in [1.807, 2.05) is 0 Å². The Bertz CT molecular complexity index is 920. The molecule has 0 aliphatic carbocycles. The van der Waals surface area contributed by atoms with Gasteiger partial charge in [-0.1, -0.05) is 18.2 Å². The summed E-state index contributed by atoms with van der Waals surface area (Å²) in [4.78, 5) is 11.9. The third-order valence-electron chi connectivity index (χ3n) is 3.46. The fraction of sp³-hybridized carbons (Fsp3) is 0.211. The van der Waals surface area contributed by atoms with E-state index in [4.69, 9.17) is 14.2 Å². The van der Waals surface area contributed by atoms with Crippen LogP contribution in [0.4, 0.5) is 5.69 Å². The van der Waals surface area contributed by atoms with E-state index >= 15 is 0 Å². The topological polar surface area (TPSA) is 90.9 Å². The highest BCUT2D eigenvalue weighted by molar-refractivity contribution is 7.92. The van der Waals surface area contributed by atoms with Gasteiger partial charge in [0.15, 0.2) is 11.5 Å². The summed E-state index contributed by atoms with van der Waals surface area (Å²) in [5.74, 6) is 0.671. The second-order valence-corrected chi connectivity index (χ2v) is 7.38. The second-order valence-electron chi connectivity index (χ2n) is 5.63. The number of carbonyl (C=O) groups excluding carboxylic acids is 1. The molecule has 0 fully saturated rings. The molecule has 1 N–H and O–H groups in total. The summed E-state index contributed by atoms with van der Waals surface area (Å²) < 4.78 is 40.2. The Labute approximate surface area is 158 Å². The van der Waals surface area contributed by atoms with Crippen molar-refractivity contribution in [3.8, 4) is 11.5 Å². The summed E-state index contributed by atoms with van der Waals surface area (Å²) in [6, 6.07) is 11.8. The van der Waals surface area contributed by atoms with Gasteiger partial charge in [0.1, 0.15) is 6.61 Å². The summed E-state index contributed by atoms with van der Waals surface area (Å²) >= 11 is 0. The first-order chi connectivity index (χ1) is 12.8. The maximum absolute atomic E-state index is 11.9. The van der Waals surface area contributed by atoms with Gasteiger partial charge in [0, 0.05) is 11.8 Å². The van der Waals surface area contributed by atoms with Crippen molar-refractivity contribution >= 4 is 27.8 Å². The fourth-order valence-electron chi connectivity index (χ4n) is 2.21. The van der Waals surface area contributed by atoms with Gasteiger partial charge >= 0.3 is 5.97 Å². The molecule has 0 radical (unpaired) electrons. The molecule has 27 heavy (non-hydrogen) atoms. The number of benzene rings is 2. The van der Waals surface area contributed by atoms with E-state index in [1.54, 1.807) is 55.7 Å². The smallest absolute Gasteiger partial charge is 0.331 e. The molecule has 2 aromatic carbocycles. The SMILES string of the molecule is COc1ccc(C=CC(=O)OCc2ccc(NS(C)(=O)=O)cc2)cc1OC. The van der Waals surface area contributed by atoms with E-state index < -0.39 is 16.0 Å². The quantitative estimate of drug-likeness (QED) is 0.550. The van der Waals surface area contributed by atoms with Gasteiger partial charge in [0.05, 0.1) is 20.5 Å². The Kier molecular flexibility index (Phi) is 6.84. The largest absolute Gasteiger partial charge is 0.493 e. The van der Waals surface area contributed by atoms with Crippen LogP contribution in [0.15, 0.2) is 48.5 Å². The number of sulfonamides is 1. The molecule has 0 aliphatic heterocycles. The number of rotatable bonds is 8. The maximum Gasteiger partial charge on any atom is 0.331 e. The lowest BCUT2D eigenvalue weighted by Gasteiger charge is -2.07. The van der Waals surface area contributed by atoms with E-state index in [2.05, 4.69) is 4.72 Å². The van der Waals surface area contributed by atoms with Crippen molar-refractivity contribution < 1.29 is 27.4 Å². The van der Waals surface area contributed by atoms with Crippen LogP contribution in [0.25, 0.3) is 6.08 Å². The summed E-state index contributed by atoms with van der Waals surface area (Å²) in [7, 11) is -0.232. The van der Waals surface area contributed by atoms with Gasteiger partial charge in [-0.25, -0.2) is 13.2 Å². The molecular weight excluding hydrogens is 370 g/mol. The second kappa shape index (κ2) is 9.09. The fourth-order valence-corrected chi connectivity index (χ4v) is 2.77. The molecule has 0 unspecified atom stereocenters. The highest BCUT2D eigenvalue weighted by Crippen LogP contribution is 2.27. The Morgan fingerprint density at radius 3 is 2.30 bits per heavy atom. The van der Waals surface area contributed by atoms with Crippen molar-refractivity contribution in [2.24, 2.45) is 0 Å². The number of hydrogen-bond donors (Lipinski definition) is 1. The highest BCUT2D eigenvalue weighted by Gasteiger charge is 2.05. The average Bonchev–Trinajstić information content (AvgIpc) is 2.64. The van der Waals surface area contributed by atoms with Gasteiger partial charge in [-0.3, -0.25) is 4.72 Å². The Hall–Kier alpha value is -3.00. The minimum atomic E-state index is -3.32. The van der Waals surface area contributed by atoms with Crippen molar-refractivity contribution in [3.63, 3.8) is 0 Å². The zero-order chi connectivity index (χ0) is 19.9. The van der Waals surface area contributed by atoms with Crippen molar-refractivity contribution in [2.45, 2.75) is 6.61 Å². The van der Waals surface area contributed by atoms with Crippen molar-refractivity contribution in [1.82, 2.24) is 0 Å². The molecule has 0 amide bonds. The van der Waals surface area contributed by atoms with E-state index in [0.717, 1.165) is 17.4 Å². The Morgan fingerprint density at radius 1 is 1.04 bits per heavy atom. The van der Waals surface area contributed by atoms with Crippen LogP contribution in [-0.2, 0) is 26.2 Å². The molecule has 0 saturated carbocycles. The van der Waals surface area contributed by atoms with Gasteiger partial charge < -0.3 is 14.2 Å². The number of ether oxygens (including phenoxy) is 3. The normalized spacial score (nSPS) is 11.2. The van der Waals surface area contributed by atoms with Gasteiger partial charge in [-0.15, -0.1) is 0 Å². The van der Waals surface area contributed by atoms with Crippen LogP contribution in [0.5, 0.6) is 11.5 Å². The first-order valence-corrected chi connectivity index (χ1v) is 9.83. The third kappa shape index (κ3) is 6.67. The van der Waals surface area contributed by atoms with Gasteiger partial charge in [-0.2, -0.15) is 0 Å². The first-order valence-electron chi connectivity index (χ1n) is 7.94. The predicted molar refractivity (Wildman–Crippen MR) is 103 cm³/mol. The zero-order valence-corrected chi connectivity index (χ0v) is 16.1. The van der Waals surface area contributed by atoms with Crippen LogP contribution >= 0.6 is 0 Å². The molecule has 0 spiro atoms. The molecule has 0 aliphatic rings. The van der Waals surface area contributed by atoms with Crippen LogP contribution in [0.1, 0.15) is 11.1 Å². The molecule has 0 atom stereocenters. The number of hydrogen-bond acceptors (Lipinski definition) is 6. The minimum Gasteiger partial charge on any atom is -0.493 e. The van der Waals surface area contributed by atoms with Gasteiger partial charge in [0.2, 0.25) is 10.0 Å². The Morgan fingerprint density at radius 2 is 1.70 bits per heavy atom. The van der Waals surface area contributed by atoms with Crippen LogP contribution in [0.3, 0.4) is 0 Å². The van der Waals surface area contributed by atoms with Crippen LogP contribution < -0.4 is 14.2 Å². The lowest BCUT2D eigenvalue weighted by Crippen LogP contribution is -2.09. The standard InChI is InChI=1S/C19H21NO6S/c1-24-17-10-6-14(12-18(17)25-2)7-11-19(21)26-13-15-4-8-16(9-5-15)20-27(3,22)23/h4-12,20H,13H2,1-3H3. The third-order valence-corrected chi connectivity index (χ3v) is 4.06. The van der Waals surface area contributed by atoms with Gasteiger partial charge in [-0.05, 0) is 41.5 Å². The molecular formula is C19H21NO6S. The predicted octanol–water partition coefficient (Wildman–Crippen LogP) is 2.83. The number of methoxy groups -OCH3 is 2. The molecule has 0 bridgehead atoms. The summed E-state index contributed by atoms with van der Waals surface area (Å²) in [5.41, 5.74) is 1.95. The molecule has 2 aromatic rings. The number of anilines is 1. The molecule has 7 nitrogen and oxygen atoms in total. The van der Waals surface area contributed by atoms with Crippen LogP contribution in [-0.4, -0.2) is 34.9 Å². The van der Waals surface area contributed by atoms with Crippen molar-refractivity contribution in [2.75, 3.05) is 25.2 Å². The number of carbonyl (C=O) groups is 1. The van der Waals surface area contributed by atoms with E-state index in [0.29, 0.717) is 17.2 Å². The summed E-state index contributed by atoms with van der Waals surface area (Å²) in [6.07, 6.45) is 4.01. The van der Waals surface area contributed by atoms with Crippen LogP contribution in [0, 0.1) is 0 Å². The highest BCUT2D eigenvalue weighted by atomic mass is 32.2. The molecule has 0 aromatic heterocycles.